The number of aliphatic hydroxyl groups excluding tert-OH is 1. The van der Waals surface area contributed by atoms with Crippen molar-refractivity contribution in [3.8, 4) is 0 Å². The van der Waals surface area contributed by atoms with Crippen molar-refractivity contribution in [1.82, 2.24) is 5.32 Å². The van der Waals surface area contributed by atoms with Crippen LogP contribution >= 0.6 is 0 Å². The molecule has 0 bridgehead atoms. The molecule has 1 fully saturated rings. The number of aliphatic hydroxyl groups is 1. The van der Waals surface area contributed by atoms with Crippen molar-refractivity contribution in [2.24, 2.45) is 5.92 Å². The van der Waals surface area contributed by atoms with Gasteiger partial charge in [-0.25, -0.2) is 0 Å². The van der Waals surface area contributed by atoms with E-state index in [0.717, 1.165) is 12.5 Å². The molecule has 2 nitrogen and oxygen atoms in total. The molecule has 2 N–H and O–H groups in total. The predicted molar refractivity (Wildman–Crippen MR) is 60.3 cm³/mol. The summed E-state index contributed by atoms with van der Waals surface area (Å²) in [6, 6.07) is 0.677. The number of nitrogens with one attached hydrogen (secondary N) is 1. The number of hydrogen-bond donors (Lipinski definition) is 2. The summed E-state index contributed by atoms with van der Waals surface area (Å²) in [4.78, 5) is 0. The van der Waals surface area contributed by atoms with Crippen molar-refractivity contribution in [3.63, 3.8) is 0 Å². The maximum atomic E-state index is 9.21. The minimum Gasteiger partial charge on any atom is -0.392 e. The highest BCUT2D eigenvalue weighted by atomic mass is 16.3. The zero-order valence-corrected chi connectivity index (χ0v) is 9.63. The Morgan fingerprint density at radius 3 is 2.86 bits per heavy atom. The van der Waals surface area contributed by atoms with Gasteiger partial charge in [0.2, 0.25) is 0 Å². The van der Waals surface area contributed by atoms with E-state index in [1.165, 1.54) is 38.5 Å². The van der Waals surface area contributed by atoms with Gasteiger partial charge in [-0.15, -0.1) is 0 Å². The topological polar surface area (TPSA) is 32.3 Å². The van der Waals surface area contributed by atoms with E-state index in [9.17, 15) is 5.11 Å². The first-order valence-electron chi connectivity index (χ1n) is 6.15. The zero-order valence-electron chi connectivity index (χ0n) is 9.63. The lowest BCUT2D eigenvalue weighted by Crippen LogP contribution is -2.36. The monoisotopic (exact) mass is 199 g/mol. The van der Waals surface area contributed by atoms with Crippen LogP contribution in [0.2, 0.25) is 0 Å². The van der Waals surface area contributed by atoms with E-state index in [-0.39, 0.29) is 6.10 Å². The second-order valence-electron chi connectivity index (χ2n) is 4.70. The second kappa shape index (κ2) is 6.41. The third-order valence-corrected chi connectivity index (χ3v) is 3.26. The predicted octanol–water partition coefficient (Wildman–Crippen LogP) is 2.32. The molecule has 0 aromatic carbocycles. The Hall–Kier alpha value is -0.0800. The molecule has 0 aromatic heterocycles. The molecule has 0 radical (unpaired) electrons. The van der Waals surface area contributed by atoms with Crippen LogP contribution in [0.1, 0.15) is 52.4 Å². The summed E-state index contributed by atoms with van der Waals surface area (Å²) in [5.41, 5.74) is 0. The molecule has 0 aliphatic heterocycles. The fourth-order valence-electron chi connectivity index (χ4n) is 2.44. The van der Waals surface area contributed by atoms with Crippen LogP contribution < -0.4 is 5.32 Å². The lowest BCUT2D eigenvalue weighted by molar-refractivity contribution is 0.181. The highest BCUT2D eigenvalue weighted by Gasteiger charge is 2.25. The Balaban J connectivity index is 2.21. The molecular weight excluding hydrogens is 174 g/mol. The lowest BCUT2D eigenvalue weighted by Gasteiger charge is -2.21. The Labute approximate surface area is 88.1 Å². The van der Waals surface area contributed by atoms with Gasteiger partial charge in [0.1, 0.15) is 0 Å². The Morgan fingerprint density at radius 2 is 2.21 bits per heavy atom. The van der Waals surface area contributed by atoms with Crippen molar-refractivity contribution in [3.05, 3.63) is 0 Å². The molecule has 0 amide bonds. The molecule has 14 heavy (non-hydrogen) atoms. The summed E-state index contributed by atoms with van der Waals surface area (Å²) in [6.45, 7) is 4.86. The van der Waals surface area contributed by atoms with Gasteiger partial charge in [-0.3, -0.25) is 0 Å². The third kappa shape index (κ3) is 3.97. The Morgan fingerprint density at radius 1 is 1.43 bits per heavy atom. The van der Waals surface area contributed by atoms with E-state index in [1.807, 2.05) is 6.92 Å². The molecule has 2 heteroatoms. The van der Waals surface area contributed by atoms with Crippen LogP contribution in [-0.4, -0.2) is 23.8 Å². The van der Waals surface area contributed by atoms with Gasteiger partial charge in [-0.2, -0.15) is 0 Å². The molecule has 0 saturated heterocycles. The summed E-state index contributed by atoms with van der Waals surface area (Å²) in [5, 5.41) is 12.7. The molecule has 1 aliphatic rings. The van der Waals surface area contributed by atoms with E-state index < -0.39 is 0 Å². The Kier molecular flexibility index (Phi) is 5.49. The quantitative estimate of drug-likeness (QED) is 0.688. The molecule has 3 atom stereocenters. The fourth-order valence-corrected chi connectivity index (χ4v) is 2.44. The van der Waals surface area contributed by atoms with E-state index in [4.69, 9.17) is 0 Å². The first-order chi connectivity index (χ1) is 6.74. The van der Waals surface area contributed by atoms with Gasteiger partial charge in [0.25, 0.3) is 0 Å². The molecule has 1 saturated carbocycles. The van der Waals surface area contributed by atoms with Crippen molar-refractivity contribution >= 4 is 0 Å². The van der Waals surface area contributed by atoms with Crippen molar-refractivity contribution in [2.45, 2.75) is 64.5 Å². The van der Waals surface area contributed by atoms with Crippen LogP contribution in [0.15, 0.2) is 0 Å². The van der Waals surface area contributed by atoms with Crippen molar-refractivity contribution in [2.75, 3.05) is 6.54 Å². The standard InChI is InChI=1S/C12H25NO/c1-3-4-6-11-7-5-8-12(11)13-9-10(2)14/h10-14H,3-9H2,1-2H3. The smallest absolute Gasteiger partial charge is 0.0636 e. The summed E-state index contributed by atoms with van der Waals surface area (Å²) in [6.07, 6.45) is 7.89. The normalized spacial score (nSPS) is 29.4. The van der Waals surface area contributed by atoms with E-state index >= 15 is 0 Å². The molecule has 0 heterocycles. The number of unbranched alkanes of at least 4 members (excludes halogenated alkanes) is 1. The van der Waals surface area contributed by atoms with Crippen LogP contribution in [0, 0.1) is 5.92 Å². The lowest BCUT2D eigenvalue weighted by atomic mass is 9.97. The van der Waals surface area contributed by atoms with Gasteiger partial charge in [0.15, 0.2) is 0 Å². The average Bonchev–Trinajstić information content (AvgIpc) is 2.58. The van der Waals surface area contributed by atoms with Crippen molar-refractivity contribution < 1.29 is 5.11 Å². The fraction of sp³-hybridized carbons (Fsp3) is 1.00. The van der Waals surface area contributed by atoms with Crippen LogP contribution in [0.5, 0.6) is 0 Å². The van der Waals surface area contributed by atoms with Crippen LogP contribution in [-0.2, 0) is 0 Å². The first-order valence-corrected chi connectivity index (χ1v) is 6.15. The molecule has 1 aliphatic carbocycles. The number of hydrogen-bond acceptors (Lipinski definition) is 2. The largest absolute Gasteiger partial charge is 0.392 e. The maximum absolute atomic E-state index is 9.21. The summed E-state index contributed by atoms with van der Waals surface area (Å²) >= 11 is 0. The van der Waals surface area contributed by atoms with E-state index in [2.05, 4.69) is 12.2 Å². The third-order valence-electron chi connectivity index (χ3n) is 3.26. The van der Waals surface area contributed by atoms with Crippen LogP contribution in [0.3, 0.4) is 0 Å². The van der Waals surface area contributed by atoms with E-state index in [0.29, 0.717) is 6.04 Å². The molecular formula is C12H25NO. The molecule has 1 rings (SSSR count). The highest BCUT2D eigenvalue weighted by molar-refractivity contribution is 4.83. The number of rotatable bonds is 6. The minimum absolute atomic E-state index is 0.206. The molecule has 0 spiro atoms. The zero-order chi connectivity index (χ0) is 10.4. The molecule has 3 unspecified atom stereocenters. The second-order valence-corrected chi connectivity index (χ2v) is 4.70. The highest BCUT2D eigenvalue weighted by Crippen LogP contribution is 2.29. The Bertz CT molecular complexity index is 147. The first kappa shape index (κ1) is 12.0. The van der Waals surface area contributed by atoms with Gasteiger partial charge in [-0.05, 0) is 32.1 Å². The summed E-state index contributed by atoms with van der Waals surface area (Å²) < 4.78 is 0. The molecule has 0 aromatic rings. The maximum Gasteiger partial charge on any atom is 0.0636 e. The SMILES string of the molecule is CCCCC1CCCC1NCC(C)O. The minimum atomic E-state index is -0.206. The summed E-state index contributed by atoms with van der Waals surface area (Å²) in [7, 11) is 0. The molecule has 84 valence electrons. The van der Waals surface area contributed by atoms with Gasteiger partial charge < -0.3 is 10.4 Å². The van der Waals surface area contributed by atoms with Gasteiger partial charge in [-0.1, -0.05) is 26.2 Å². The van der Waals surface area contributed by atoms with Crippen LogP contribution in [0.4, 0.5) is 0 Å². The van der Waals surface area contributed by atoms with Gasteiger partial charge in [0.05, 0.1) is 6.10 Å². The average molecular weight is 199 g/mol. The van der Waals surface area contributed by atoms with Crippen LogP contribution in [0.25, 0.3) is 0 Å². The van der Waals surface area contributed by atoms with Crippen molar-refractivity contribution in [1.29, 1.82) is 0 Å². The van der Waals surface area contributed by atoms with Gasteiger partial charge in [0, 0.05) is 12.6 Å². The van der Waals surface area contributed by atoms with Gasteiger partial charge >= 0.3 is 0 Å². The summed E-state index contributed by atoms with van der Waals surface area (Å²) in [5.74, 6) is 0.869. The van der Waals surface area contributed by atoms with E-state index in [1.54, 1.807) is 0 Å².